The van der Waals surface area contributed by atoms with E-state index in [0.29, 0.717) is 17.7 Å². The first kappa shape index (κ1) is 13.8. The number of carbonyl (C=O) groups excluding carboxylic acids is 1. The van der Waals surface area contributed by atoms with Crippen molar-refractivity contribution in [2.75, 3.05) is 16.9 Å². The fraction of sp³-hybridized carbons (Fsp3) is 0.417. The molecular formula is C12H17N3O3S. The van der Waals surface area contributed by atoms with E-state index in [-0.39, 0.29) is 17.4 Å². The Morgan fingerprint density at radius 1 is 1.37 bits per heavy atom. The Morgan fingerprint density at radius 3 is 2.63 bits per heavy atom. The third-order valence-corrected chi connectivity index (χ3v) is 5.15. The molecule has 1 aromatic rings. The molecule has 7 heteroatoms. The summed E-state index contributed by atoms with van der Waals surface area (Å²) in [6.07, 6.45) is 0.430. The quantitative estimate of drug-likeness (QED) is 0.546. The van der Waals surface area contributed by atoms with Gasteiger partial charge in [-0.15, -0.1) is 0 Å². The Balaban J connectivity index is 2.18. The average molecular weight is 283 g/mol. The van der Waals surface area contributed by atoms with Gasteiger partial charge in [0, 0.05) is 0 Å². The zero-order valence-electron chi connectivity index (χ0n) is 10.6. The fourth-order valence-corrected chi connectivity index (χ4v) is 4.35. The molecule has 104 valence electrons. The van der Waals surface area contributed by atoms with Gasteiger partial charge in [-0.25, -0.2) is 8.42 Å². The molecule has 6 nitrogen and oxygen atoms in total. The summed E-state index contributed by atoms with van der Waals surface area (Å²) in [7, 11) is -3.05. The smallest absolute Gasteiger partial charge is 0.253 e. The number of sulfone groups is 1. The molecule has 1 atom stereocenters. The molecular weight excluding hydrogens is 266 g/mol. The zero-order chi connectivity index (χ0) is 14.1. The maximum Gasteiger partial charge on any atom is 0.253 e. The summed E-state index contributed by atoms with van der Waals surface area (Å²) in [6, 6.07) is 6.80. The van der Waals surface area contributed by atoms with E-state index >= 15 is 0 Å². The number of para-hydroxylation sites is 1. The van der Waals surface area contributed by atoms with Crippen molar-refractivity contribution in [2.24, 2.45) is 5.84 Å². The number of nitrogens with two attached hydrogens (primary N) is 1. The van der Waals surface area contributed by atoms with E-state index in [9.17, 15) is 13.2 Å². The summed E-state index contributed by atoms with van der Waals surface area (Å²) < 4.78 is 23.0. The summed E-state index contributed by atoms with van der Waals surface area (Å²) >= 11 is 0. The third kappa shape index (κ3) is 3.05. The highest BCUT2D eigenvalue weighted by molar-refractivity contribution is 7.91. The number of carbonyl (C=O) groups is 1. The van der Waals surface area contributed by atoms with Gasteiger partial charge in [-0.2, -0.15) is 0 Å². The van der Waals surface area contributed by atoms with Crippen molar-refractivity contribution in [1.82, 2.24) is 5.32 Å². The van der Waals surface area contributed by atoms with E-state index in [0.717, 1.165) is 0 Å². The van der Waals surface area contributed by atoms with Crippen LogP contribution >= 0.6 is 0 Å². The first-order valence-electron chi connectivity index (χ1n) is 5.94. The summed E-state index contributed by atoms with van der Waals surface area (Å²) in [5, 5.41) is 2.79. The number of nitrogens with one attached hydrogen (secondary N) is 2. The third-order valence-electron chi connectivity index (χ3n) is 3.25. The van der Waals surface area contributed by atoms with Crippen LogP contribution in [0.1, 0.15) is 23.7 Å². The lowest BCUT2D eigenvalue weighted by Crippen LogP contribution is -2.47. The highest BCUT2D eigenvalue weighted by Crippen LogP contribution is 2.24. The van der Waals surface area contributed by atoms with Gasteiger partial charge in [0.05, 0.1) is 28.3 Å². The van der Waals surface area contributed by atoms with Crippen molar-refractivity contribution >= 4 is 21.4 Å². The molecule has 1 aliphatic heterocycles. The Kier molecular flexibility index (Phi) is 3.51. The van der Waals surface area contributed by atoms with Crippen LogP contribution in [0.15, 0.2) is 24.3 Å². The van der Waals surface area contributed by atoms with E-state index in [1.54, 1.807) is 31.2 Å². The lowest BCUT2D eigenvalue weighted by molar-refractivity contribution is 0.0916. The number of rotatable bonds is 3. The Labute approximate surface area is 112 Å². The second kappa shape index (κ2) is 4.82. The zero-order valence-corrected chi connectivity index (χ0v) is 11.5. The number of benzene rings is 1. The van der Waals surface area contributed by atoms with Crippen molar-refractivity contribution in [3.05, 3.63) is 29.8 Å². The number of hydrazine groups is 1. The molecule has 0 saturated carbocycles. The predicted octanol–water partition coefficient (Wildman–Crippen LogP) is 0.279. The largest absolute Gasteiger partial charge is 0.346 e. The normalized spacial score (nSPS) is 24.9. The van der Waals surface area contributed by atoms with Gasteiger partial charge in [0.25, 0.3) is 5.91 Å². The minimum Gasteiger partial charge on any atom is -0.346 e. The number of hydrogen-bond donors (Lipinski definition) is 3. The summed E-state index contributed by atoms with van der Waals surface area (Å²) in [5.74, 6) is 5.11. The molecule has 1 aliphatic rings. The number of nitrogen functional groups attached to an aromatic ring is 1. The first-order chi connectivity index (χ1) is 8.85. The molecule has 19 heavy (non-hydrogen) atoms. The lowest BCUT2D eigenvalue weighted by Gasteiger charge is -2.24. The average Bonchev–Trinajstić information content (AvgIpc) is 2.63. The molecule has 1 saturated heterocycles. The highest BCUT2D eigenvalue weighted by atomic mass is 32.2. The predicted molar refractivity (Wildman–Crippen MR) is 73.4 cm³/mol. The minimum atomic E-state index is -3.05. The molecule has 0 bridgehead atoms. The second-order valence-electron chi connectivity index (χ2n) is 5.05. The Morgan fingerprint density at radius 2 is 2.05 bits per heavy atom. The van der Waals surface area contributed by atoms with Crippen LogP contribution in [-0.2, 0) is 9.84 Å². The molecule has 2 rings (SSSR count). The van der Waals surface area contributed by atoms with E-state index in [2.05, 4.69) is 10.7 Å². The van der Waals surface area contributed by atoms with E-state index in [1.807, 2.05) is 0 Å². The van der Waals surface area contributed by atoms with Crippen molar-refractivity contribution in [2.45, 2.75) is 18.9 Å². The molecule has 0 spiro atoms. The van der Waals surface area contributed by atoms with Gasteiger partial charge in [-0.1, -0.05) is 12.1 Å². The van der Waals surface area contributed by atoms with Crippen molar-refractivity contribution in [3.63, 3.8) is 0 Å². The molecule has 1 fully saturated rings. The maximum atomic E-state index is 12.2. The maximum absolute atomic E-state index is 12.2. The van der Waals surface area contributed by atoms with Gasteiger partial charge in [0.15, 0.2) is 9.84 Å². The van der Waals surface area contributed by atoms with Gasteiger partial charge in [-0.3, -0.25) is 10.6 Å². The van der Waals surface area contributed by atoms with Crippen LogP contribution in [0.5, 0.6) is 0 Å². The fourth-order valence-electron chi connectivity index (χ4n) is 2.26. The van der Waals surface area contributed by atoms with Gasteiger partial charge >= 0.3 is 0 Å². The van der Waals surface area contributed by atoms with E-state index in [1.165, 1.54) is 0 Å². The Hall–Kier alpha value is -1.60. The molecule has 0 aromatic heterocycles. The standard InChI is InChI=1S/C12H17N3O3S/c1-12(6-7-19(17,18)8-12)14-11(16)9-4-2-3-5-10(9)15-13/h2-5,15H,6-8,13H2,1H3,(H,14,16). The van der Waals surface area contributed by atoms with Crippen molar-refractivity contribution < 1.29 is 13.2 Å². The highest BCUT2D eigenvalue weighted by Gasteiger charge is 2.39. The lowest BCUT2D eigenvalue weighted by atomic mass is 10.0. The number of anilines is 1. The second-order valence-corrected chi connectivity index (χ2v) is 7.23. The number of amides is 1. The van der Waals surface area contributed by atoms with E-state index < -0.39 is 15.4 Å². The molecule has 0 radical (unpaired) electrons. The van der Waals surface area contributed by atoms with Crippen LogP contribution in [-0.4, -0.2) is 31.4 Å². The van der Waals surface area contributed by atoms with Crippen LogP contribution in [0.3, 0.4) is 0 Å². The van der Waals surface area contributed by atoms with Gasteiger partial charge in [0.1, 0.15) is 0 Å². The SMILES string of the molecule is CC1(NC(=O)c2ccccc2NN)CCS(=O)(=O)C1. The Bertz CT molecular complexity index is 600. The first-order valence-corrected chi connectivity index (χ1v) is 7.76. The van der Waals surface area contributed by atoms with Crippen LogP contribution in [0.4, 0.5) is 5.69 Å². The van der Waals surface area contributed by atoms with Crippen LogP contribution in [0.25, 0.3) is 0 Å². The molecule has 1 aromatic carbocycles. The summed E-state index contributed by atoms with van der Waals surface area (Å²) in [6.45, 7) is 1.74. The van der Waals surface area contributed by atoms with Crippen LogP contribution in [0, 0.1) is 0 Å². The van der Waals surface area contributed by atoms with Gasteiger partial charge < -0.3 is 10.7 Å². The number of hydrogen-bond acceptors (Lipinski definition) is 5. The van der Waals surface area contributed by atoms with E-state index in [4.69, 9.17) is 5.84 Å². The van der Waals surface area contributed by atoms with Crippen LogP contribution < -0.4 is 16.6 Å². The monoisotopic (exact) mass is 283 g/mol. The van der Waals surface area contributed by atoms with Crippen molar-refractivity contribution in [1.29, 1.82) is 0 Å². The van der Waals surface area contributed by atoms with Crippen LogP contribution in [0.2, 0.25) is 0 Å². The van der Waals surface area contributed by atoms with Gasteiger partial charge in [-0.05, 0) is 25.5 Å². The molecule has 1 heterocycles. The summed E-state index contributed by atoms with van der Waals surface area (Å²) in [4.78, 5) is 12.2. The molecule has 0 aliphatic carbocycles. The minimum absolute atomic E-state index is 0.0238. The molecule has 1 amide bonds. The van der Waals surface area contributed by atoms with Crippen molar-refractivity contribution in [3.8, 4) is 0 Å². The summed E-state index contributed by atoms with van der Waals surface area (Å²) in [5.41, 5.74) is 2.64. The van der Waals surface area contributed by atoms with Gasteiger partial charge in [0.2, 0.25) is 0 Å². The molecule has 1 unspecified atom stereocenters. The molecule has 4 N–H and O–H groups in total. The topological polar surface area (TPSA) is 101 Å².